The van der Waals surface area contributed by atoms with E-state index in [4.69, 9.17) is 0 Å². The molecule has 1 saturated heterocycles. The number of nitrogens with one attached hydrogen (secondary N) is 1. The lowest BCUT2D eigenvalue weighted by Gasteiger charge is -2.39. The second kappa shape index (κ2) is 7.42. The highest BCUT2D eigenvalue weighted by atomic mass is 32.2. The van der Waals surface area contributed by atoms with Crippen LogP contribution in [-0.4, -0.2) is 61.1 Å². The Morgan fingerprint density at radius 3 is 2.79 bits per heavy atom. The van der Waals surface area contributed by atoms with Crippen LogP contribution in [-0.2, 0) is 16.3 Å². The summed E-state index contributed by atoms with van der Waals surface area (Å²) in [5.41, 5.74) is 1.02. The van der Waals surface area contributed by atoms with Crippen molar-refractivity contribution in [3.63, 3.8) is 0 Å². The largest absolute Gasteiger partial charge is 0.508 e. The summed E-state index contributed by atoms with van der Waals surface area (Å²) in [6, 6.07) is 7.16. The molecule has 134 valence electrons. The lowest BCUT2D eigenvalue weighted by atomic mass is 10.1. The van der Waals surface area contributed by atoms with Gasteiger partial charge < -0.3 is 15.3 Å². The van der Waals surface area contributed by atoms with E-state index in [0.29, 0.717) is 19.6 Å². The first-order chi connectivity index (χ1) is 11.2. The standard InChI is InChI=1S/C17H27N3O3S/c1-4-18-16(19-9-8-14-6-5-7-15(21)12-14)20-10-11-24(22,23)17(2,3)13-20/h5-7,12,21H,4,8-11,13H2,1-3H3,(H,18,19). The smallest absolute Gasteiger partial charge is 0.194 e. The number of aromatic hydroxyl groups is 1. The molecule has 2 rings (SSSR count). The van der Waals surface area contributed by atoms with E-state index in [9.17, 15) is 13.5 Å². The van der Waals surface area contributed by atoms with Gasteiger partial charge in [0.1, 0.15) is 5.75 Å². The van der Waals surface area contributed by atoms with Crippen molar-refractivity contribution >= 4 is 15.8 Å². The maximum absolute atomic E-state index is 12.1. The first-order valence-corrected chi connectivity index (χ1v) is 9.94. The molecular weight excluding hydrogens is 326 g/mol. The zero-order valence-corrected chi connectivity index (χ0v) is 15.4. The minimum absolute atomic E-state index is 0.150. The first-order valence-electron chi connectivity index (χ1n) is 8.28. The predicted molar refractivity (Wildman–Crippen MR) is 97.2 cm³/mol. The molecule has 0 unspecified atom stereocenters. The molecule has 0 aliphatic carbocycles. The zero-order valence-electron chi connectivity index (χ0n) is 14.6. The van der Waals surface area contributed by atoms with Gasteiger partial charge in [-0.25, -0.2) is 8.42 Å². The van der Waals surface area contributed by atoms with Crippen molar-refractivity contribution in [2.24, 2.45) is 4.99 Å². The Labute approximate surface area is 144 Å². The fraction of sp³-hybridized carbons (Fsp3) is 0.588. The van der Waals surface area contributed by atoms with Crippen LogP contribution in [0.2, 0.25) is 0 Å². The summed E-state index contributed by atoms with van der Waals surface area (Å²) in [5.74, 6) is 1.16. The molecule has 1 aromatic carbocycles. The number of phenolic OH excluding ortho intramolecular Hbond substituents is 1. The SMILES string of the molecule is CCNC(=NCCc1cccc(O)c1)N1CCS(=O)(=O)C(C)(C)C1. The van der Waals surface area contributed by atoms with E-state index < -0.39 is 14.6 Å². The number of hydrogen-bond donors (Lipinski definition) is 2. The molecule has 0 atom stereocenters. The van der Waals surface area contributed by atoms with Gasteiger partial charge in [-0.2, -0.15) is 0 Å². The van der Waals surface area contributed by atoms with Crippen LogP contribution in [0.1, 0.15) is 26.3 Å². The van der Waals surface area contributed by atoms with Crippen molar-refractivity contribution in [1.29, 1.82) is 0 Å². The predicted octanol–water partition coefficient (Wildman–Crippen LogP) is 1.41. The van der Waals surface area contributed by atoms with Crippen LogP contribution in [0.5, 0.6) is 5.75 Å². The van der Waals surface area contributed by atoms with Crippen LogP contribution in [0, 0.1) is 0 Å². The van der Waals surface area contributed by atoms with E-state index in [1.54, 1.807) is 26.0 Å². The van der Waals surface area contributed by atoms with Crippen LogP contribution in [0.4, 0.5) is 0 Å². The highest BCUT2D eigenvalue weighted by Gasteiger charge is 2.40. The summed E-state index contributed by atoms with van der Waals surface area (Å²) in [6.07, 6.45) is 0.721. The molecule has 7 heteroatoms. The monoisotopic (exact) mass is 353 g/mol. The fourth-order valence-corrected chi connectivity index (χ4v) is 4.12. The first kappa shape index (κ1) is 18.6. The molecule has 24 heavy (non-hydrogen) atoms. The number of benzene rings is 1. The van der Waals surface area contributed by atoms with E-state index in [2.05, 4.69) is 10.3 Å². The van der Waals surface area contributed by atoms with Gasteiger partial charge in [-0.15, -0.1) is 0 Å². The topological polar surface area (TPSA) is 82.0 Å². The molecule has 1 aliphatic heterocycles. The number of hydrogen-bond acceptors (Lipinski definition) is 4. The lowest BCUT2D eigenvalue weighted by molar-refractivity contribution is 0.353. The van der Waals surface area contributed by atoms with Crippen LogP contribution in [0.15, 0.2) is 29.3 Å². The summed E-state index contributed by atoms with van der Waals surface area (Å²) in [5, 5.41) is 12.7. The Hall–Kier alpha value is -1.76. The highest BCUT2D eigenvalue weighted by molar-refractivity contribution is 7.92. The maximum atomic E-state index is 12.1. The van der Waals surface area contributed by atoms with Gasteiger partial charge in [-0.05, 0) is 44.9 Å². The average Bonchev–Trinajstić information content (AvgIpc) is 2.49. The van der Waals surface area contributed by atoms with Crippen LogP contribution >= 0.6 is 0 Å². The van der Waals surface area contributed by atoms with E-state index >= 15 is 0 Å². The normalized spacial score (nSPS) is 20.0. The van der Waals surface area contributed by atoms with E-state index in [1.165, 1.54) is 0 Å². The summed E-state index contributed by atoms with van der Waals surface area (Å²) in [6.45, 7) is 7.74. The third kappa shape index (κ3) is 4.41. The van der Waals surface area contributed by atoms with Gasteiger partial charge in [0.05, 0.1) is 10.5 Å². The van der Waals surface area contributed by atoms with Crippen molar-refractivity contribution in [1.82, 2.24) is 10.2 Å². The highest BCUT2D eigenvalue weighted by Crippen LogP contribution is 2.23. The number of nitrogens with zero attached hydrogens (tertiary/aromatic N) is 2. The molecule has 0 radical (unpaired) electrons. The van der Waals surface area contributed by atoms with E-state index in [1.807, 2.05) is 24.0 Å². The average molecular weight is 353 g/mol. The van der Waals surface area contributed by atoms with Crippen molar-refractivity contribution in [3.8, 4) is 5.75 Å². The van der Waals surface area contributed by atoms with Gasteiger partial charge in [-0.1, -0.05) is 12.1 Å². The second-order valence-corrected chi connectivity index (χ2v) is 9.40. The molecular formula is C17H27N3O3S. The van der Waals surface area contributed by atoms with Gasteiger partial charge >= 0.3 is 0 Å². The molecule has 2 N–H and O–H groups in total. The van der Waals surface area contributed by atoms with Gasteiger partial charge in [0.2, 0.25) is 0 Å². The van der Waals surface area contributed by atoms with E-state index in [0.717, 1.165) is 24.5 Å². The Balaban J connectivity index is 2.06. The second-order valence-electron chi connectivity index (χ2n) is 6.66. The maximum Gasteiger partial charge on any atom is 0.194 e. The molecule has 1 heterocycles. The van der Waals surface area contributed by atoms with Crippen LogP contribution in [0.3, 0.4) is 0 Å². The summed E-state index contributed by atoms with van der Waals surface area (Å²) < 4.78 is 23.5. The van der Waals surface area contributed by atoms with Crippen molar-refractivity contribution in [3.05, 3.63) is 29.8 Å². The van der Waals surface area contributed by atoms with Gasteiger partial charge in [-0.3, -0.25) is 4.99 Å². The van der Waals surface area contributed by atoms with Gasteiger partial charge in [0, 0.05) is 26.2 Å². The van der Waals surface area contributed by atoms with Crippen LogP contribution < -0.4 is 5.32 Å². The number of rotatable bonds is 4. The van der Waals surface area contributed by atoms with Crippen molar-refractivity contribution < 1.29 is 13.5 Å². The molecule has 0 aromatic heterocycles. The van der Waals surface area contributed by atoms with E-state index in [-0.39, 0.29) is 11.5 Å². The van der Waals surface area contributed by atoms with Crippen molar-refractivity contribution in [2.45, 2.75) is 31.9 Å². The Kier molecular flexibility index (Phi) is 5.74. The number of aliphatic imine (C=N–C) groups is 1. The molecule has 0 saturated carbocycles. The van der Waals surface area contributed by atoms with Gasteiger partial charge in [0.25, 0.3) is 0 Å². The Bertz CT molecular complexity index is 699. The molecule has 1 aliphatic rings. The molecule has 1 fully saturated rings. The Morgan fingerprint density at radius 2 is 2.17 bits per heavy atom. The lowest BCUT2D eigenvalue weighted by Crippen LogP contribution is -2.57. The molecule has 1 aromatic rings. The molecule has 0 bridgehead atoms. The summed E-state index contributed by atoms with van der Waals surface area (Å²) in [4.78, 5) is 6.65. The minimum Gasteiger partial charge on any atom is -0.508 e. The van der Waals surface area contributed by atoms with Crippen molar-refractivity contribution in [2.75, 3.05) is 31.9 Å². The third-order valence-corrected chi connectivity index (χ3v) is 6.78. The third-order valence-electron chi connectivity index (χ3n) is 4.25. The summed E-state index contributed by atoms with van der Waals surface area (Å²) >= 11 is 0. The quantitative estimate of drug-likeness (QED) is 0.632. The molecule has 6 nitrogen and oxygen atoms in total. The number of sulfone groups is 1. The van der Waals surface area contributed by atoms with Crippen LogP contribution in [0.25, 0.3) is 0 Å². The Morgan fingerprint density at radius 1 is 1.42 bits per heavy atom. The molecule has 0 amide bonds. The zero-order chi connectivity index (χ0) is 17.8. The fourth-order valence-electron chi connectivity index (χ4n) is 2.75. The van der Waals surface area contributed by atoms with Gasteiger partial charge in [0.15, 0.2) is 15.8 Å². The number of guanidine groups is 1. The number of phenols is 1. The summed E-state index contributed by atoms with van der Waals surface area (Å²) in [7, 11) is -3.06. The molecule has 0 spiro atoms. The minimum atomic E-state index is -3.06.